The molecule has 0 radical (unpaired) electrons. The van der Waals surface area contributed by atoms with Gasteiger partial charge in [-0.2, -0.15) is 0 Å². The Labute approximate surface area is 178 Å². The lowest BCUT2D eigenvalue weighted by Gasteiger charge is -2.24. The number of imide groups is 1. The first-order valence-electron chi connectivity index (χ1n) is 9.61. The van der Waals surface area contributed by atoms with E-state index in [0.717, 1.165) is 15.7 Å². The molecular formula is C23H20N4O4. The average molecular weight is 416 g/mol. The second-order valence-corrected chi connectivity index (χ2v) is 7.46. The number of hydrogen-bond donors (Lipinski definition) is 3. The third-order valence-electron chi connectivity index (χ3n) is 5.36. The van der Waals surface area contributed by atoms with Crippen LogP contribution in [-0.4, -0.2) is 35.2 Å². The molecule has 156 valence electrons. The summed E-state index contributed by atoms with van der Waals surface area (Å²) in [6.45, 7) is 1.19. The third-order valence-corrected chi connectivity index (χ3v) is 5.36. The van der Waals surface area contributed by atoms with Gasteiger partial charge in [-0.1, -0.05) is 42.5 Å². The zero-order chi connectivity index (χ0) is 22.2. The van der Waals surface area contributed by atoms with Gasteiger partial charge in [-0.15, -0.1) is 0 Å². The Bertz CT molecular complexity index is 1220. The first-order chi connectivity index (χ1) is 14.8. The van der Waals surface area contributed by atoms with Crippen LogP contribution in [0.4, 0.5) is 10.5 Å². The van der Waals surface area contributed by atoms with Crippen molar-refractivity contribution in [1.29, 1.82) is 0 Å². The standard InChI is InChI=1S/C23H20N4O4/c1-23(18-8-4-6-14-5-2-3-7-17(14)18)21(30)27(22(31)26-23)13-19(28)25-16-11-9-15(10-12-16)20(24)29/h2-12H,13H2,1H3,(H2,24,29)(H,25,28)(H,26,31)/t23-/m0/s1. The number of benzene rings is 3. The molecule has 5 amide bonds. The van der Waals surface area contributed by atoms with E-state index in [1.807, 2.05) is 36.4 Å². The van der Waals surface area contributed by atoms with E-state index in [9.17, 15) is 19.2 Å². The minimum atomic E-state index is -1.29. The van der Waals surface area contributed by atoms with E-state index >= 15 is 0 Å². The molecule has 31 heavy (non-hydrogen) atoms. The number of urea groups is 1. The maximum atomic E-state index is 13.2. The molecule has 0 bridgehead atoms. The fraction of sp³-hybridized carbons (Fsp3) is 0.130. The van der Waals surface area contributed by atoms with Gasteiger partial charge in [-0.05, 0) is 47.5 Å². The number of nitrogens with one attached hydrogen (secondary N) is 2. The van der Waals surface area contributed by atoms with Crippen LogP contribution in [0.5, 0.6) is 0 Å². The van der Waals surface area contributed by atoms with E-state index in [-0.39, 0.29) is 0 Å². The van der Waals surface area contributed by atoms with Gasteiger partial charge in [-0.3, -0.25) is 19.3 Å². The van der Waals surface area contributed by atoms with E-state index in [1.54, 1.807) is 13.0 Å². The Balaban J connectivity index is 1.54. The van der Waals surface area contributed by atoms with E-state index in [4.69, 9.17) is 5.73 Å². The van der Waals surface area contributed by atoms with Gasteiger partial charge in [0.2, 0.25) is 11.8 Å². The summed E-state index contributed by atoms with van der Waals surface area (Å²) in [6.07, 6.45) is 0. The molecule has 4 N–H and O–H groups in total. The van der Waals surface area contributed by atoms with Crippen molar-refractivity contribution >= 4 is 40.2 Å². The Morgan fingerprint density at radius 2 is 1.68 bits per heavy atom. The number of carbonyl (C=O) groups is 4. The van der Waals surface area contributed by atoms with E-state index in [2.05, 4.69) is 10.6 Å². The molecule has 1 saturated heterocycles. The Kier molecular flexibility index (Phi) is 4.90. The lowest BCUT2D eigenvalue weighted by Crippen LogP contribution is -2.42. The van der Waals surface area contributed by atoms with Crippen molar-refractivity contribution in [3.8, 4) is 0 Å². The molecule has 1 aliphatic rings. The van der Waals surface area contributed by atoms with Gasteiger partial charge < -0.3 is 16.4 Å². The van der Waals surface area contributed by atoms with Crippen LogP contribution in [-0.2, 0) is 15.1 Å². The van der Waals surface area contributed by atoms with Crippen molar-refractivity contribution in [1.82, 2.24) is 10.2 Å². The number of anilines is 1. The summed E-state index contributed by atoms with van der Waals surface area (Å²) in [5, 5.41) is 7.13. The molecule has 0 saturated carbocycles. The summed E-state index contributed by atoms with van der Waals surface area (Å²) in [5.41, 5.74) is 5.29. The quantitative estimate of drug-likeness (QED) is 0.553. The normalized spacial score (nSPS) is 18.2. The summed E-state index contributed by atoms with van der Waals surface area (Å²) >= 11 is 0. The van der Waals surface area contributed by atoms with Crippen LogP contribution in [0.3, 0.4) is 0 Å². The number of rotatable bonds is 5. The number of nitrogens with zero attached hydrogens (tertiary/aromatic N) is 1. The first-order valence-corrected chi connectivity index (χ1v) is 9.61. The zero-order valence-corrected chi connectivity index (χ0v) is 16.7. The number of fused-ring (bicyclic) bond motifs is 1. The van der Waals surface area contributed by atoms with Crippen LogP contribution in [0.15, 0.2) is 66.7 Å². The van der Waals surface area contributed by atoms with Crippen molar-refractivity contribution in [3.63, 3.8) is 0 Å². The largest absolute Gasteiger partial charge is 0.366 e. The number of carbonyl (C=O) groups excluding carboxylic acids is 4. The van der Waals surface area contributed by atoms with Gasteiger partial charge in [0, 0.05) is 11.3 Å². The van der Waals surface area contributed by atoms with E-state index < -0.39 is 35.8 Å². The predicted molar refractivity (Wildman–Crippen MR) is 115 cm³/mol. The minimum Gasteiger partial charge on any atom is -0.366 e. The monoisotopic (exact) mass is 416 g/mol. The Morgan fingerprint density at radius 3 is 2.39 bits per heavy atom. The smallest absolute Gasteiger partial charge is 0.325 e. The maximum Gasteiger partial charge on any atom is 0.325 e. The maximum absolute atomic E-state index is 13.2. The van der Waals surface area contributed by atoms with Crippen molar-refractivity contribution < 1.29 is 19.2 Å². The number of hydrogen-bond acceptors (Lipinski definition) is 4. The number of primary amides is 1. The Morgan fingerprint density at radius 1 is 1.00 bits per heavy atom. The SMILES string of the molecule is C[C@@]1(c2cccc3ccccc23)NC(=O)N(CC(=O)Nc2ccc(C(N)=O)cc2)C1=O. The summed E-state index contributed by atoms with van der Waals surface area (Å²) in [7, 11) is 0. The second-order valence-electron chi connectivity index (χ2n) is 7.46. The van der Waals surface area contributed by atoms with Crippen LogP contribution < -0.4 is 16.4 Å². The van der Waals surface area contributed by atoms with Gasteiger partial charge in [0.05, 0.1) is 0 Å². The average Bonchev–Trinajstić information content (AvgIpc) is 2.97. The highest BCUT2D eigenvalue weighted by Gasteiger charge is 2.50. The highest BCUT2D eigenvalue weighted by molar-refractivity contribution is 6.11. The van der Waals surface area contributed by atoms with E-state index in [1.165, 1.54) is 24.3 Å². The zero-order valence-electron chi connectivity index (χ0n) is 16.7. The summed E-state index contributed by atoms with van der Waals surface area (Å²) in [6, 6.07) is 18.5. The lowest BCUT2D eigenvalue weighted by atomic mass is 9.88. The molecule has 8 nitrogen and oxygen atoms in total. The first kappa shape index (κ1) is 20.1. The van der Waals surface area contributed by atoms with Crippen LogP contribution in [0.1, 0.15) is 22.8 Å². The molecule has 1 fully saturated rings. The molecular weight excluding hydrogens is 396 g/mol. The van der Waals surface area contributed by atoms with Gasteiger partial charge in [0.15, 0.2) is 0 Å². The highest BCUT2D eigenvalue weighted by atomic mass is 16.2. The lowest BCUT2D eigenvalue weighted by molar-refractivity contribution is -0.133. The van der Waals surface area contributed by atoms with Gasteiger partial charge in [0.1, 0.15) is 12.1 Å². The van der Waals surface area contributed by atoms with Gasteiger partial charge >= 0.3 is 6.03 Å². The topological polar surface area (TPSA) is 122 Å². The van der Waals surface area contributed by atoms with Gasteiger partial charge in [0.25, 0.3) is 5.91 Å². The molecule has 0 aromatic heterocycles. The molecule has 1 aliphatic heterocycles. The van der Waals surface area contributed by atoms with Crippen LogP contribution >= 0.6 is 0 Å². The van der Waals surface area contributed by atoms with Crippen molar-refractivity contribution in [3.05, 3.63) is 77.9 Å². The molecule has 1 atom stereocenters. The van der Waals surface area contributed by atoms with Crippen molar-refractivity contribution in [2.45, 2.75) is 12.5 Å². The minimum absolute atomic E-state index is 0.304. The molecule has 0 spiro atoms. The number of amides is 5. The predicted octanol–water partition coefficient (Wildman–Crippen LogP) is 2.34. The fourth-order valence-electron chi connectivity index (χ4n) is 3.75. The number of nitrogens with two attached hydrogens (primary N) is 1. The van der Waals surface area contributed by atoms with Crippen molar-refractivity contribution in [2.24, 2.45) is 5.73 Å². The summed E-state index contributed by atoms with van der Waals surface area (Å²) < 4.78 is 0. The Hall–Kier alpha value is -4.20. The van der Waals surface area contributed by atoms with Crippen molar-refractivity contribution in [2.75, 3.05) is 11.9 Å². The molecule has 1 heterocycles. The fourth-order valence-corrected chi connectivity index (χ4v) is 3.75. The van der Waals surface area contributed by atoms with E-state index in [0.29, 0.717) is 16.8 Å². The van der Waals surface area contributed by atoms with Crippen LogP contribution in [0.2, 0.25) is 0 Å². The third kappa shape index (κ3) is 3.59. The molecule has 4 rings (SSSR count). The van der Waals surface area contributed by atoms with Crippen LogP contribution in [0, 0.1) is 0 Å². The molecule has 3 aromatic carbocycles. The van der Waals surface area contributed by atoms with Gasteiger partial charge in [-0.25, -0.2) is 4.79 Å². The molecule has 0 unspecified atom stereocenters. The summed E-state index contributed by atoms with van der Waals surface area (Å²) in [5.74, 6) is -1.63. The second kappa shape index (κ2) is 7.56. The molecule has 8 heteroatoms. The molecule has 3 aromatic rings. The highest BCUT2D eigenvalue weighted by Crippen LogP contribution is 2.33. The molecule has 0 aliphatic carbocycles. The summed E-state index contributed by atoms with van der Waals surface area (Å²) in [4.78, 5) is 50.3. The van der Waals surface area contributed by atoms with Crippen LogP contribution in [0.25, 0.3) is 10.8 Å².